The van der Waals surface area contributed by atoms with Crippen LogP contribution in [0.4, 0.5) is 0 Å². The maximum absolute atomic E-state index is 12.1. The summed E-state index contributed by atoms with van der Waals surface area (Å²) in [6, 6.07) is 18.4. The third kappa shape index (κ3) is 5.82. The molecule has 32 heavy (non-hydrogen) atoms. The number of hydrogen-bond donors (Lipinski definition) is 1. The van der Waals surface area contributed by atoms with Crippen LogP contribution >= 0.6 is 11.8 Å². The zero-order valence-corrected chi connectivity index (χ0v) is 20.4. The lowest BCUT2D eigenvalue weighted by molar-refractivity contribution is -0.118. The minimum Gasteiger partial charge on any atom is -0.497 e. The average Bonchev–Trinajstić information content (AvgIpc) is 3.05. The Bertz CT molecular complexity index is 1090. The van der Waals surface area contributed by atoms with Crippen LogP contribution in [0, 0.1) is 13.8 Å². The maximum Gasteiger partial charge on any atom is 0.250 e. The monoisotopic (exact) mass is 449 g/mol. The van der Waals surface area contributed by atoms with E-state index in [-0.39, 0.29) is 11.3 Å². The summed E-state index contributed by atoms with van der Waals surface area (Å²) < 4.78 is 7.35. The summed E-state index contributed by atoms with van der Waals surface area (Å²) in [5.41, 5.74) is 8.35. The standard InChI is InChI=1S/C26H31N3O2S/c1-18-15-20(19(2)29(18)22-9-7-21(8-10-22)26(3,4)5)16-27-28-25(30)17-32-24-13-11-23(31-6)12-14-24/h7-16H,17H2,1-6H3,(H,28,30)/b27-16+. The average molecular weight is 450 g/mol. The van der Waals surface area contributed by atoms with Crippen molar-refractivity contribution in [2.75, 3.05) is 12.9 Å². The van der Waals surface area contributed by atoms with E-state index in [1.54, 1.807) is 13.3 Å². The molecule has 6 heteroatoms. The molecule has 0 spiro atoms. The van der Waals surface area contributed by atoms with Crippen molar-refractivity contribution in [2.24, 2.45) is 5.10 Å². The van der Waals surface area contributed by atoms with E-state index in [4.69, 9.17) is 4.74 Å². The molecule has 0 aliphatic heterocycles. The topological polar surface area (TPSA) is 55.6 Å². The first-order chi connectivity index (χ1) is 15.2. The van der Waals surface area contributed by atoms with Crippen molar-refractivity contribution in [1.82, 2.24) is 9.99 Å². The van der Waals surface area contributed by atoms with Crippen LogP contribution < -0.4 is 10.2 Å². The predicted octanol–water partition coefficient (Wildman–Crippen LogP) is 5.64. The molecule has 0 aliphatic rings. The first-order valence-electron chi connectivity index (χ1n) is 10.6. The zero-order chi connectivity index (χ0) is 23.3. The lowest BCUT2D eigenvalue weighted by atomic mass is 9.87. The van der Waals surface area contributed by atoms with E-state index in [0.29, 0.717) is 5.75 Å². The van der Waals surface area contributed by atoms with Gasteiger partial charge in [-0.3, -0.25) is 4.79 Å². The summed E-state index contributed by atoms with van der Waals surface area (Å²) in [6.07, 6.45) is 1.71. The highest BCUT2D eigenvalue weighted by Crippen LogP contribution is 2.25. The quantitative estimate of drug-likeness (QED) is 0.288. The second-order valence-corrected chi connectivity index (χ2v) is 9.76. The molecule has 0 aliphatic carbocycles. The highest BCUT2D eigenvalue weighted by atomic mass is 32.2. The van der Waals surface area contributed by atoms with Crippen LogP contribution in [0.5, 0.6) is 5.75 Å². The van der Waals surface area contributed by atoms with E-state index in [1.165, 1.54) is 17.3 Å². The smallest absolute Gasteiger partial charge is 0.250 e. The molecule has 0 atom stereocenters. The fourth-order valence-electron chi connectivity index (χ4n) is 3.45. The molecule has 1 amide bonds. The van der Waals surface area contributed by atoms with E-state index in [1.807, 2.05) is 24.3 Å². The number of carbonyl (C=O) groups excluding carboxylic acids is 1. The van der Waals surface area contributed by atoms with Gasteiger partial charge in [0.15, 0.2) is 0 Å². The predicted molar refractivity (Wildman–Crippen MR) is 133 cm³/mol. The van der Waals surface area contributed by atoms with Crippen molar-refractivity contribution in [3.8, 4) is 11.4 Å². The van der Waals surface area contributed by atoms with E-state index in [9.17, 15) is 4.79 Å². The van der Waals surface area contributed by atoms with E-state index in [2.05, 4.69) is 80.0 Å². The number of amides is 1. The summed E-state index contributed by atoms with van der Waals surface area (Å²) >= 11 is 1.46. The van der Waals surface area contributed by atoms with Gasteiger partial charge < -0.3 is 9.30 Å². The van der Waals surface area contributed by atoms with Gasteiger partial charge in [0, 0.05) is 27.5 Å². The van der Waals surface area contributed by atoms with Crippen LogP contribution in [0.25, 0.3) is 5.69 Å². The molecule has 0 radical (unpaired) electrons. The van der Waals surface area contributed by atoms with Crippen LogP contribution in [0.1, 0.15) is 43.3 Å². The van der Waals surface area contributed by atoms with Crippen molar-refractivity contribution >= 4 is 23.9 Å². The highest BCUT2D eigenvalue weighted by molar-refractivity contribution is 8.00. The van der Waals surface area contributed by atoms with Gasteiger partial charge in [0.25, 0.3) is 0 Å². The minimum absolute atomic E-state index is 0.126. The molecular formula is C26H31N3O2S. The SMILES string of the molecule is COc1ccc(SCC(=O)N/N=C/c2cc(C)n(-c3ccc(C(C)(C)C)cc3)c2C)cc1. The third-order valence-corrected chi connectivity index (χ3v) is 6.30. The Balaban J connectivity index is 1.62. The molecule has 1 N–H and O–H groups in total. The van der Waals surface area contributed by atoms with Gasteiger partial charge in [-0.25, -0.2) is 5.43 Å². The van der Waals surface area contributed by atoms with Crippen LogP contribution in [0.15, 0.2) is 64.6 Å². The number of nitrogens with zero attached hydrogens (tertiary/aromatic N) is 2. The fraction of sp³-hybridized carbons (Fsp3) is 0.308. The molecule has 1 heterocycles. The number of nitrogens with one attached hydrogen (secondary N) is 1. The molecule has 0 unspecified atom stereocenters. The summed E-state index contributed by atoms with van der Waals surface area (Å²) in [7, 11) is 1.63. The van der Waals surface area contributed by atoms with Crippen molar-refractivity contribution in [3.05, 3.63) is 77.1 Å². The van der Waals surface area contributed by atoms with Crippen LogP contribution in [0.2, 0.25) is 0 Å². The van der Waals surface area contributed by atoms with E-state index >= 15 is 0 Å². The number of carbonyl (C=O) groups is 1. The number of aromatic nitrogens is 1. The molecule has 3 rings (SSSR count). The minimum atomic E-state index is -0.145. The number of benzene rings is 2. The van der Waals surface area contributed by atoms with Gasteiger partial charge in [0.05, 0.1) is 19.1 Å². The second-order valence-electron chi connectivity index (χ2n) is 8.72. The summed E-state index contributed by atoms with van der Waals surface area (Å²) in [6.45, 7) is 10.8. The Kier molecular flexibility index (Phi) is 7.46. The van der Waals surface area contributed by atoms with Crippen molar-refractivity contribution < 1.29 is 9.53 Å². The Labute approximate surface area is 194 Å². The summed E-state index contributed by atoms with van der Waals surface area (Å²) in [5.74, 6) is 0.947. The number of methoxy groups -OCH3 is 1. The maximum atomic E-state index is 12.1. The van der Waals surface area contributed by atoms with Gasteiger partial charge in [-0.2, -0.15) is 5.10 Å². The van der Waals surface area contributed by atoms with Crippen molar-refractivity contribution in [3.63, 3.8) is 0 Å². The molecule has 3 aromatic rings. The van der Waals surface area contributed by atoms with Crippen LogP contribution in [-0.2, 0) is 10.2 Å². The lowest BCUT2D eigenvalue weighted by Crippen LogP contribution is -2.19. The number of ether oxygens (including phenoxy) is 1. The molecule has 0 bridgehead atoms. The van der Waals surface area contributed by atoms with E-state index < -0.39 is 0 Å². The Morgan fingerprint density at radius 2 is 1.75 bits per heavy atom. The summed E-state index contributed by atoms with van der Waals surface area (Å²) in [5, 5.41) is 4.17. The molecule has 1 aromatic heterocycles. The third-order valence-electron chi connectivity index (χ3n) is 5.28. The van der Waals surface area contributed by atoms with Gasteiger partial charge in [0.1, 0.15) is 5.75 Å². The molecule has 5 nitrogen and oxygen atoms in total. The van der Waals surface area contributed by atoms with Gasteiger partial charge in [0.2, 0.25) is 5.91 Å². The zero-order valence-electron chi connectivity index (χ0n) is 19.6. The Hall–Kier alpha value is -2.99. The molecule has 0 fully saturated rings. The molecular weight excluding hydrogens is 418 g/mol. The number of thioether (sulfide) groups is 1. The van der Waals surface area contributed by atoms with Gasteiger partial charge in [-0.15, -0.1) is 11.8 Å². The Morgan fingerprint density at radius 3 is 2.34 bits per heavy atom. The number of aryl methyl sites for hydroxylation is 1. The number of hydrazone groups is 1. The molecule has 2 aromatic carbocycles. The van der Waals surface area contributed by atoms with Crippen LogP contribution in [-0.4, -0.2) is 29.6 Å². The van der Waals surface area contributed by atoms with Gasteiger partial charge >= 0.3 is 0 Å². The second kappa shape index (κ2) is 10.1. The Morgan fingerprint density at radius 1 is 1.09 bits per heavy atom. The normalized spacial score (nSPS) is 11.7. The number of hydrogen-bond acceptors (Lipinski definition) is 4. The van der Waals surface area contributed by atoms with E-state index in [0.717, 1.165) is 33.3 Å². The van der Waals surface area contributed by atoms with Crippen LogP contribution in [0.3, 0.4) is 0 Å². The largest absolute Gasteiger partial charge is 0.497 e. The number of rotatable bonds is 7. The highest BCUT2D eigenvalue weighted by Gasteiger charge is 2.14. The first-order valence-corrected chi connectivity index (χ1v) is 11.6. The first kappa shape index (κ1) is 23.7. The van der Waals surface area contributed by atoms with Crippen molar-refractivity contribution in [1.29, 1.82) is 0 Å². The lowest BCUT2D eigenvalue weighted by Gasteiger charge is -2.20. The molecule has 0 saturated heterocycles. The van der Waals surface area contributed by atoms with Crippen molar-refractivity contribution in [2.45, 2.75) is 44.9 Å². The summed E-state index contributed by atoms with van der Waals surface area (Å²) in [4.78, 5) is 13.2. The molecule has 0 saturated carbocycles. The fourth-order valence-corrected chi connectivity index (χ4v) is 4.14. The van der Waals surface area contributed by atoms with Gasteiger partial charge in [-0.1, -0.05) is 32.9 Å². The van der Waals surface area contributed by atoms with Gasteiger partial charge in [-0.05, 0) is 67.3 Å². The molecule has 168 valence electrons.